The summed E-state index contributed by atoms with van der Waals surface area (Å²) in [5.74, 6) is -3.75. The Balaban J connectivity index is 1.66. The van der Waals surface area contributed by atoms with Crippen molar-refractivity contribution in [3.8, 4) is 11.5 Å². The third kappa shape index (κ3) is 5.58. The van der Waals surface area contributed by atoms with E-state index in [0.717, 1.165) is 5.56 Å². The predicted molar refractivity (Wildman–Crippen MR) is 121 cm³/mol. The molecule has 33 heavy (non-hydrogen) atoms. The normalized spacial score (nSPS) is 15.5. The largest absolute Gasteiger partial charge is 0.460 e. The molecule has 8 nitrogen and oxygen atoms in total. The fourth-order valence-corrected chi connectivity index (χ4v) is 3.73. The van der Waals surface area contributed by atoms with Gasteiger partial charge in [-0.3, -0.25) is 0 Å². The molecule has 2 aromatic carbocycles. The Kier molecular flexibility index (Phi) is 8.18. The molecule has 3 rings (SSSR count). The van der Waals surface area contributed by atoms with Crippen molar-refractivity contribution in [3.05, 3.63) is 58.6 Å². The number of carbonyl (C=O) groups excluding carboxylic acids is 2. The fourth-order valence-electron chi connectivity index (χ4n) is 3.47. The molecule has 0 fully saturated rings. The molecule has 178 valence electrons. The van der Waals surface area contributed by atoms with E-state index in [9.17, 15) is 14.7 Å². The maximum absolute atomic E-state index is 12.5. The number of hydrogen-bond donors (Lipinski definition) is 2. The van der Waals surface area contributed by atoms with Gasteiger partial charge in [0.05, 0.1) is 19.3 Å². The molecule has 0 amide bonds. The number of aliphatic hydroxyl groups is 1. The third-order valence-electron chi connectivity index (χ3n) is 5.07. The second-order valence-electron chi connectivity index (χ2n) is 7.59. The number of halogens is 1. The number of fused-ring (bicyclic) bond motifs is 1. The van der Waals surface area contributed by atoms with Crippen LogP contribution in [0.15, 0.2) is 42.5 Å². The molecule has 2 atom stereocenters. The minimum atomic E-state index is -2.31. The Bertz CT molecular complexity index is 979. The average molecular weight is 478 g/mol. The van der Waals surface area contributed by atoms with E-state index < -0.39 is 23.8 Å². The van der Waals surface area contributed by atoms with Crippen LogP contribution in [0.25, 0.3) is 0 Å². The van der Waals surface area contributed by atoms with Gasteiger partial charge < -0.3 is 29.4 Å². The number of benzene rings is 2. The standard InChI is InChI=1S/C24H28ClNO7/c1-4-30-22(28)24(23(29)31-5-2)32-20-11-10-16(13-21(20)33-24)12-15(3)26-14-19(27)17-8-6-7-9-18(17)25/h6-11,13,15,19,26-27H,4-5,12,14H2,1-3H3. The SMILES string of the molecule is CCOC(=O)C1(C(=O)OCC)Oc2ccc(CC(C)NCC(O)c3ccccc3Cl)cc2O1. The number of nitrogens with one attached hydrogen (secondary N) is 1. The predicted octanol–water partition coefficient (Wildman–Crippen LogP) is 3.19. The van der Waals surface area contributed by atoms with Gasteiger partial charge in [-0.25, -0.2) is 9.59 Å². The summed E-state index contributed by atoms with van der Waals surface area (Å²) in [7, 11) is 0. The first kappa shape index (κ1) is 24.8. The molecular formula is C24H28ClNO7. The number of rotatable bonds is 10. The van der Waals surface area contributed by atoms with E-state index in [-0.39, 0.29) is 30.8 Å². The molecule has 0 saturated carbocycles. The molecule has 2 unspecified atom stereocenters. The van der Waals surface area contributed by atoms with E-state index in [0.29, 0.717) is 23.6 Å². The summed E-state index contributed by atoms with van der Waals surface area (Å²) in [5, 5.41) is 14.2. The van der Waals surface area contributed by atoms with Gasteiger partial charge in [0, 0.05) is 23.2 Å². The van der Waals surface area contributed by atoms with Crippen molar-refractivity contribution < 1.29 is 33.6 Å². The highest BCUT2D eigenvalue weighted by atomic mass is 35.5. The van der Waals surface area contributed by atoms with Crippen LogP contribution in [0.5, 0.6) is 11.5 Å². The third-order valence-corrected chi connectivity index (χ3v) is 5.41. The molecule has 1 aliphatic heterocycles. The fraction of sp³-hybridized carbons (Fsp3) is 0.417. The van der Waals surface area contributed by atoms with E-state index in [1.54, 1.807) is 38.1 Å². The van der Waals surface area contributed by atoms with Gasteiger partial charge in [0.15, 0.2) is 11.5 Å². The second kappa shape index (κ2) is 10.9. The van der Waals surface area contributed by atoms with Crippen molar-refractivity contribution in [2.45, 2.75) is 45.1 Å². The second-order valence-corrected chi connectivity index (χ2v) is 8.00. The first-order chi connectivity index (χ1) is 15.8. The van der Waals surface area contributed by atoms with Crippen LogP contribution in [0.2, 0.25) is 5.02 Å². The highest BCUT2D eigenvalue weighted by Crippen LogP contribution is 2.41. The molecule has 0 aromatic heterocycles. The van der Waals surface area contributed by atoms with Crippen molar-refractivity contribution in [1.82, 2.24) is 5.32 Å². The molecular weight excluding hydrogens is 450 g/mol. The lowest BCUT2D eigenvalue weighted by atomic mass is 10.1. The van der Waals surface area contributed by atoms with Crippen LogP contribution in [-0.2, 0) is 25.5 Å². The Labute approximate surface area is 197 Å². The molecule has 2 aromatic rings. The van der Waals surface area contributed by atoms with Crippen LogP contribution >= 0.6 is 11.6 Å². The molecule has 0 radical (unpaired) electrons. The van der Waals surface area contributed by atoms with E-state index in [2.05, 4.69) is 5.32 Å². The highest BCUT2D eigenvalue weighted by Gasteiger charge is 2.59. The zero-order valence-electron chi connectivity index (χ0n) is 18.8. The first-order valence-corrected chi connectivity index (χ1v) is 11.2. The first-order valence-electron chi connectivity index (χ1n) is 10.8. The molecule has 1 aliphatic rings. The maximum atomic E-state index is 12.5. The zero-order chi connectivity index (χ0) is 24.0. The monoisotopic (exact) mass is 477 g/mol. The zero-order valence-corrected chi connectivity index (χ0v) is 19.6. The number of ether oxygens (including phenoxy) is 4. The summed E-state index contributed by atoms with van der Waals surface area (Å²) in [5.41, 5.74) is 1.55. The van der Waals surface area contributed by atoms with E-state index in [4.69, 9.17) is 30.5 Å². The molecule has 0 saturated heterocycles. The summed E-state index contributed by atoms with van der Waals surface area (Å²) >= 11 is 6.15. The van der Waals surface area contributed by atoms with Crippen LogP contribution in [0.1, 0.15) is 38.0 Å². The number of hydrogen-bond acceptors (Lipinski definition) is 8. The minimum absolute atomic E-state index is 0.00220. The van der Waals surface area contributed by atoms with Gasteiger partial charge in [-0.1, -0.05) is 35.9 Å². The smallest absolute Gasteiger partial charge is 0.453 e. The van der Waals surface area contributed by atoms with Crippen molar-refractivity contribution in [3.63, 3.8) is 0 Å². The van der Waals surface area contributed by atoms with Crippen LogP contribution in [0, 0.1) is 0 Å². The Morgan fingerprint density at radius 2 is 1.70 bits per heavy atom. The molecule has 1 heterocycles. The molecule has 0 aliphatic carbocycles. The van der Waals surface area contributed by atoms with Crippen LogP contribution < -0.4 is 14.8 Å². The molecule has 0 bridgehead atoms. The molecule has 0 spiro atoms. The lowest BCUT2D eigenvalue weighted by Crippen LogP contribution is -2.55. The minimum Gasteiger partial charge on any atom is -0.460 e. The Hall–Kier alpha value is -2.81. The van der Waals surface area contributed by atoms with E-state index >= 15 is 0 Å². The quantitative estimate of drug-likeness (QED) is 0.397. The van der Waals surface area contributed by atoms with E-state index in [1.807, 2.05) is 25.1 Å². The van der Waals surface area contributed by atoms with E-state index in [1.165, 1.54) is 0 Å². The van der Waals surface area contributed by atoms with Crippen LogP contribution in [0.4, 0.5) is 0 Å². The lowest BCUT2D eigenvalue weighted by Gasteiger charge is -2.22. The summed E-state index contributed by atoms with van der Waals surface area (Å²) < 4.78 is 21.2. The summed E-state index contributed by atoms with van der Waals surface area (Å²) in [6.45, 7) is 5.65. The number of carbonyl (C=O) groups is 2. The van der Waals surface area contributed by atoms with Gasteiger partial charge in [0.2, 0.25) is 0 Å². The van der Waals surface area contributed by atoms with Crippen LogP contribution in [0.3, 0.4) is 0 Å². The number of aliphatic hydroxyl groups excluding tert-OH is 1. The molecule has 2 N–H and O–H groups in total. The molecule has 9 heteroatoms. The maximum Gasteiger partial charge on any atom is 0.453 e. The van der Waals surface area contributed by atoms with Crippen molar-refractivity contribution >= 4 is 23.5 Å². The average Bonchev–Trinajstić information content (AvgIpc) is 3.18. The summed E-state index contributed by atoms with van der Waals surface area (Å²) in [4.78, 5) is 25.0. The summed E-state index contributed by atoms with van der Waals surface area (Å²) in [6, 6.07) is 12.3. The lowest BCUT2D eigenvalue weighted by molar-refractivity contribution is -0.202. The van der Waals surface area contributed by atoms with Crippen LogP contribution in [-0.4, -0.2) is 48.6 Å². The van der Waals surface area contributed by atoms with Gasteiger partial charge in [-0.05, 0) is 51.0 Å². The van der Waals surface area contributed by atoms with Gasteiger partial charge in [-0.15, -0.1) is 0 Å². The van der Waals surface area contributed by atoms with Crippen molar-refractivity contribution in [2.24, 2.45) is 0 Å². The summed E-state index contributed by atoms with van der Waals surface area (Å²) in [6.07, 6.45) is -0.148. The van der Waals surface area contributed by atoms with Gasteiger partial charge in [0.25, 0.3) is 0 Å². The van der Waals surface area contributed by atoms with Crippen molar-refractivity contribution in [2.75, 3.05) is 19.8 Å². The number of esters is 2. The van der Waals surface area contributed by atoms with Gasteiger partial charge >= 0.3 is 17.7 Å². The Morgan fingerprint density at radius 1 is 1.06 bits per heavy atom. The van der Waals surface area contributed by atoms with Gasteiger partial charge in [-0.2, -0.15) is 0 Å². The van der Waals surface area contributed by atoms with Gasteiger partial charge in [0.1, 0.15) is 0 Å². The topological polar surface area (TPSA) is 103 Å². The Morgan fingerprint density at radius 3 is 2.33 bits per heavy atom. The highest BCUT2D eigenvalue weighted by molar-refractivity contribution is 6.31. The van der Waals surface area contributed by atoms with Crippen molar-refractivity contribution in [1.29, 1.82) is 0 Å².